The molecule has 0 unspecified atom stereocenters. The summed E-state index contributed by atoms with van der Waals surface area (Å²) < 4.78 is 10.4. The van der Waals surface area contributed by atoms with Crippen molar-refractivity contribution < 1.29 is 13.9 Å². The van der Waals surface area contributed by atoms with Crippen molar-refractivity contribution in [1.82, 2.24) is 4.98 Å². The molecule has 0 fully saturated rings. The average molecular weight is 275 g/mol. The smallest absolute Gasteiger partial charge is 0.340 e. The Labute approximate surface area is 116 Å². The molecular formula is C14H17N3O3. The molecule has 0 radical (unpaired) electrons. The number of anilines is 2. The Morgan fingerprint density at radius 1 is 1.50 bits per heavy atom. The van der Waals surface area contributed by atoms with E-state index in [1.807, 2.05) is 6.92 Å². The summed E-state index contributed by atoms with van der Waals surface area (Å²) in [5, 5.41) is 3.10. The number of esters is 1. The second-order valence-electron chi connectivity index (χ2n) is 4.24. The quantitative estimate of drug-likeness (QED) is 0.643. The lowest BCUT2D eigenvalue weighted by atomic mass is 10.1. The Balaban J connectivity index is 2.16. The summed E-state index contributed by atoms with van der Waals surface area (Å²) in [5.41, 5.74) is 7.24. The molecule has 0 aliphatic rings. The summed E-state index contributed by atoms with van der Waals surface area (Å²) in [7, 11) is 0. The number of aromatic nitrogens is 1. The van der Waals surface area contributed by atoms with Crippen molar-refractivity contribution in [2.24, 2.45) is 0 Å². The van der Waals surface area contributed by atoms with Crippen LogP contribution in [0.5, 0.6) is 0 Å². The highest BCUT2D eigenvalue weighted by Crippen LogP contribution is 2.20. The van der Waals surface area contributed by atoms with Crippen molar-refractivity contribution in [2.45, 2.75) is 20.4 Å². The first kappa shape index (κ1) is 13.9. The molecule has 0 saturated carbocycles. The van der Waals surface area contributed by atoms with Crippen LogP contribution in [0.15, 0.2) is 28.8 Å². The number of carbonyl (C=O) groups excluding carboxylic acids is 1. The number of rotatable bonds is 5. The van der Waals surface area contributed by atoms with Crippen molar-refractivity contribution in [3.63, 3.8) is 0 Å². The lowest BCUT2D eigenvalue weighted by Crippen LogP contribution is -2.10. The van der Waals surface area contributed by atoms with Crippen LogP contribution in [0, 0.1) is 6.92 Å². The number of hydrogen-bond acceptors (Lipinski definition) is 6. The van der Waals surface area contributed by atoms with Gasteiger partial charge in [-0.2, -0.15) is 0 Å². The topological polar surface area (TPSA) is 90.4 Å². The molecule has 0 aliphatic carbocycles. The third-order valence-electron chi connectivity index (χ3n) is 2.64. The monoisotopic (exact) mass is 275 g/mol. The van der Waals surface area contributed by atoms with E-state index in [9.17, 15) is 4.79 Å². The molecular weight excluding hydrogens is 258 g/mol. The summed E-state index contributed by atoms with van der Waals surface area (Å²) >= 11 is 0. The van der Waals surface area contributed by atoms with Crippen LogP contribution in [0.2, 0.25) is 0 Å². The number of nitrogens with zero attached hydrogens (tertiary/aromatic N) is 1. The zero-order valence-electron chi connectivity index (χ0n) is 11.5. The summed E-state index contributed by atoms with van der Waals surface area (Å²) in [4.78, 5) is 16.0. The highest BCUT2D eigenvalue weighted by molar-refractivity contribution is 5.96. The van der Waals surface area contributed by atoms with Gasteiger partial charge >= 0.3 is 5.97 Å². The van der Waals surface area contributed by atoms with E-state index in [1.54, 1.807) is 31.3 Å². The van der Waals surface area contributed by atoms with Gasteiger partial charge in [0.1, 0.15) is 5.76 Å². The molecule has 0 amide bonds. The molecule has 1 aromatic carbocycles. The van der Waals surface area contributed by atoms with Gasteiger partial charge in [0.05, 0.1) is 24.9 Å². The number of nitrogen functional groups attached to an aromatic ring is 1. The van der Waals surface area contributed by atoms with Crippen molar-refractivity contribution in [3.8, 4) is 0 Å². The van der Waals surface area contributed by atoms with Crippen LogP contribution in [-0.4, -0.2) is 17.6 Å². The van der Waals surface area contributed by atoms with E-state index in [2.05, 4.69) is 10.3 Å². The molecule has 0 aliphatic heterocycles. The van der Waals surface area contributed by atoms with Crippen LogP contribution in [0.1, 0.15) is 28.9 Å². The molecule has 106 valence electrons. The Bertz CT molecular complexity index is 607. The minimum Gasteiger partial charge on any atom is -0.462 e. The lowest BCUT2D eigenvalue weighted by molar-refractivity contribution is 0.0527. The van der Waals surface area contributed by atoms with Crippen molar-refractivity contribution in [1.29, 1.82) is 0 Å². The molecule has 3 N–H and O–H groups in total. The number of ether oxygens (including phenoxy) is 1. The standard InChI is InChI=1S/C14H17N3O3/c1-3-19-14(18)11-6-10(15)4-5-12(11)16-8-13-17-7-9(2)20-13/h4-7,16H,3,8,15H2,1-2H3. The molecule has 20 heavy (non-hydrogen) atoms. The van der Waals surface area contributed by atoms with Gasteiger partial charge in [-0.1, -0.05) is 0 Å². The van der Waals surface area contributed by atoms with Gasteiger partial charge in [-0.25, -0.2) is 9.78 Å². The summed E-state index contributed by atoms with van der Waals surface area (Å²) in [6.07, 6.45) is 1.65. The molecule has 0 spiro atoms. The zero-order chi connectivity index (χ0) is 14.5. The second kappa shape index (κ2) is 6.10. The van der Waals surface area contributed by atoms with Gasteiger partial charge in [0, 0.05) is 11.4 Å². The number of hydrogen-bond donors (Lipinski definition) is 2. The maximum Gasteiger partial charge on any atom is 0.340 e. The Morgan fingerprint density at radius 3 is 2.95 bits per heavy atom. The van der Waals surface area contributed by atoms with Gasteiger partial charge in [-0.3, -0.25) is 0 Å². The predicted octanol–water partition coefficient (Wildman–Crippen LogP) is 2.35. The average Bonchev–Trinajstić information content (AvgIpc) is 2.83. The summed E-state index contributed by atoms with van der Waals surface area (Å²) in [6, 6.07) is 5.03. The largest absolute Gasteiger partial charge is 0.462 e. The molecule has 0 atom stereocenters. The molecule has 6 nitrogen and oxygen atoms in total. The Morgan fingerprint density at radius 2 is 2.30 bits per heavy atom. The number of nitrogens with one attached hydrogen (secondary N) is 1. The van der Waals surface area contributed by atoms with Crippen LogP contribution in [0.25, 0.3) is 0 Å². The van der Waals surface area contributed by atoms with E-state index < -0.39 is 5.97 Å². The first-order valence-electron chi connectivity index (χ1n) is 6.32. The molecule has 1 aromatic heterocycles. The maximum atomic E-state index is 11.9. The van der Waals surface area contributed by atoms with Crippen molar-refractivity contribution in [3.05, 3.63) is 41.6 Å². The summed E-state index contributed by atoms with van der Waals surface area (Å²) in [5.74, 6) is 0.879. The van der Waals surface area contributed by atoms with E-state index in [0.29, 0.717) is 36.0 Å². The fraction of sp³-hybridized carbons (Fsp3) is 0.286. The van der Waals surface area contributed by atoms with Gasteiger partial charge in [0.25, 0.3) is 0 Å². The van der Waals surface area contributed by atoms with Crippen LogP contribution < -0.4 is 11.1 Å². The fourth-order valence-corrected chi connectivity index (χ4v) is 1.75. The molecule has 2 aromatic rings. The first-order chi connectivity index (χ1) is 9.60. The SMILES string of the molecule is CCOC(=O)c1cc(N)ccc1NCc1ncc(C)o1. The van der Waals surface area contributed by atoms with E-state index in [4.69, 9.17) is 14.9 Å². The highest BCUT2D eigenvalue weighted by Gasteiger charge is 2.13. The van der Waals surface area contributed by atoms with Crippen molar-refractivity contribution >= 4 is 17.3 Å². The molecule has 2 rings (SSSR count). The third kappa shape index (κ3) is 3.28. The third-order valence-corrected chi connectivity index (χ3v) is 2.64. The highest BCUT2D eigenvalue weighted by atomic mass is 16.5. The van der Waals surface area contributed by atoms with Crippen molar-refractivity contribution in [2.75, 3.05) is 17.7 Å². The number of carbonyl (C=O) groups is 1. The first-order valence-corrected chi connectivity index (χ1v) is 6.32. The number of nitrogens with two attached hydrogens (primary N) is 1. The summed E-state index contributed by atoms with van der Waals surface area (Å²) in [6.45, 7) is 4.27. The number of benzene rings is 1. The van der Waals surface area contributed by atoms with Crippen LogP contribution >= 0.6 is 0 Å². The van der Waals surface area contributed by atoms with Gasteiger partial charge in [-0.05, 0) is 32.0 Å². The fourth-order valence-electron chi connectivity index (χ4n) is 1.75. The van der Waals surface area contributed by atoms with E-state index >= 15 is 0 Å². The van der Waals surface area contributed by atoms with Gasteiger partial charge in [0.15, 0.2) is 0 Å². The minimum absolute atomic E-state index is 0.312. The van der Waals surface area contributed by atoms with Crippen LogP contribution in [0.3, 0.4) is 0 Å². The lowest BCUT2D eigenvalue weighted by Gasteiger charge is -2.11. The Kier molecular flexibility index (Phi) is 4.24. The van der Waals surface area contributed by atoms with Gasteiger partial charge in [-0.15, -0.1) is 0 Å². The second-order valence-corrected chi connectivity index (χ2v) is 4.24. The molecule has 0 bridgehead atoms. The van der Waals surface area contributed by atoms with Crippen LogP contribution in [-0.2, 0) is 11.3 Å². The zero-order valence-corrected chi connectivity index (χ0v) is 11.5. The maximum absolute atomic E-state index is 11.9. The molecule has 0 saturated heterocycles. The van der Waals surface area contributed by atoms with E-state index in [0.717, 1.165) is 5.76 Å². The number of oxazole rings is 1. The van der Waals surface area contributed by atoms with Gasteiger partial charge in [0.2, 0.25) is 5.89 Å². The number of aryl methyl sites for hydroxylation is 1. The molecule has 1 heterocycles. The van der Waals surface area contributed by atoms with E-state index in [-0.39, 0.29) is 0 Å². The normalized spacial score (nSPS) is 10.3. The predicted molar refractivity (Wildman–Crippen MR) is 75.4 cm³/mol. The minimum atomic E-state index is -0.411. The van der Waals surface area contributed by atoms with Crippen LogP contribution in [0.4, 0.5) is 11.4 Å². The Hall–Kier alpha value is -2.50. The molecule has 6 heteroatoms. The van der Waals surface area contributed by atoms with E-state index in [1.165, 1.54) is 0 Å². The van der Waals surface area contributed by atoms with Gasteiger partial charge < -0.3 is 20.2 Å².